The van der Waals surface area contributed by atoms with Gasteiger partial charge in [0, 0.05) is 11.6 Å². The molecule has 1 aliphatic rings. The van der Waals surface area contributed by atoms with Crippen LogP contribution >= 0.6 is 0 Å². The molecule has 3 N–H and O–H groups in total. The number of nitrogens with zero attached hydrogens (tertiary/aromatic N) is 1. The second kappa shape index (κ2) is 7.05. The molecular weight excluding hydrogens is 314 g/mol. The van der Waals surface area contributed by atoms with E-state index in [1.165, 1.54) is 16.7 Å². The summed E-state index contributed by atoms with van der Waals surface area (Å²) in [5.74, 6) is 1.98. The van der Waals surface area contributed by atoms with Gasteiger partial charge in [0.2, 0.25) is 0 Å². The highest BCUT2D eigenvalue weighted by molar-refractivity contribution is 5.79. The summed E-state index contributed by atoms with van der Waals surface area (Å²) in [5, 5.41) is 3.31. The Balaban J connectivity index is 1.94. The summed E-state index contributed by atoms with van der Waals surface area (Å²) in [5.41, 5.74) is 10.9. The van der Waals surface area contributed by atoms with Gasteiger partial charge in [0.25, 0.3) is 0 Å². The zero-order chi connectivity index (χ0) is 18.0. The van der Waals surface area contributed by atoms with Gasteiger partial charge in [-0.15, -0.1) is 0 Å². The molecule has 0 aliphatic carbocycles. The molecule has 0 aromatic heterocycles. The average molecular weight is 339 g/mol. The van der Waals surface area contributed by atoms with Gasteiger partial charge in [0.05, 0.1) is 26.3 Å². The van der Waals surface area contributed by atoms with E-state index < -0.39 is 0 Å². The molecule has 5 nitrogen and oxygen atoms in total. The van der Waals surface area contributed by atoms with Gasteiger partial charge >= 0.3 is 0 Å². The van der Waals surface area contributed by atoms with Crippen LogP contribution in [0.15, 0.2) is 41.4 Å². The third-order valence-electron chi connectivity index (χ3n) is 4.68. The van der Waals surface area contributed by atoms with Gasteiger partial charge in [-0.1, -0.05) is 23.8 Å². The quantitative estimate of drug-likeness (QED) is 0.896. The van der Waals surface area contributed by atoms with Crippen LogP contribution in [0.5, 0.6) is 11.5 Å². The molecule has 0 saturated carbocycles. The Morgan fingerprint density at radius 1 is 1.04 bits per heavy atom. The topological polar surface area (TPSA) is 68.9 Å². The molecule has 2 atom stereocenters. The fourth-order valence-corrected chi connectivity index (χ4v) is 3.43. The molecule has 0 bridgehead atoms. The van der Waals surface area contributed by atoms with Crippen molar-refractivity contribution in [2.75, 3.05) is 14.2 Å². The molecule has 0 saturated heterocycles. The first kappa shape index (κ1) is 17.1. The van der Waals surface area contributed by atoms with E-state index in [0.29, 0.717) is 5.96 Å². The maximum atomic E-state index is 6.09. The summed E-state index contributed by atoms with van der Waals surface area (Å²) in [7, 11) is 3.30. The fourth-order valence-electron chi connectivity index (χ4n) is 3.43. The van der Waals surface area contributed by atoms with Crippen molar-refractivity contribution in [2.45, 2.75) is 32.4 Å². The maximum Gasteiger partial charge on any atom is 0.189 e. The van der Waals surface area contributed by atoms with Crippen molar-refractivity contribution in [1.82, 2.24) is 5.32 Å². The van der Waals surface area contributed by atoms with Crippen LogP contribution in [0.2, 0.25) is 0 Å². The lowest BCUT2D eigenvalue weighted by molar-refractivity contribution is 0.383. The molecule has 5 heteroatoms. The molecule has 2 aromatic carbocycles. The van der Waals surface area contributed by atoms with Gasteiger partial charge in [-0.3, -0.25) is 0 Å². The number of aryl methyl sites for hydroxylation is 2. The van der Waals surface area contributed by atoms with Crippen molar-refractivity contribution in [3.63, 3.8) is 0 Å². The number of guanidine groups is 1. The van der Waals surface area contributed by atoms with Crippen LogP contribution in [0.1, 0.15) is 40.8 Å². The number of rotatable bonds is 4. The van der Waals surface area contributed by atoms with Crippen LogP contribution in [0.3, 0.4) is 0 Å². The van der Waals surface area contributed by atoms with Crippen LogP contribution in [-0.4, -0.2) is 20.2 Å². The lowest BCUT2D eigenvalue weighted by Gasteiger charge is -2.30. The first-order valence-corrected chi connectivity index (χ1v) is 8.40. The Labute approximate surface area is 148 Å². The van der Waals surface area contributed by atoms with E-state index in [0.717, 1.165) is 23.5 Å². The molecule has 2 unspecified atom stereocenters. The van der Waals surface area contributed by atoms with Crippen molar-refractivity contribution in [2.24, 2.45) is 10.7 Å². The number of methoxy groups -OCH3 is 2. The van der Waals surface area contributed by atoms with Crippen LogP contribution in [0.25, 0.3) is 0 Å². The van der Waals surface area contributed by atoms with Crippen LogP contribution in [-0.2, 0) is 0 Å². The third-order valence-corrected chi connectivity index (χ3v) is 4.68. The highest BCUT2D eigenvalue weighted by Crippen LogP contribution is 2.38. The molecule has 1 heterocycles. The second-order valence-electron chi connectivity index (χ2n) is 6.43. The normalized spacial score (nSPS) is 19.8. The summed E-state index contributed by atoms with van der Waals surface area (Å²) in [6.45, 7) is 4.24. The number of aliphatic imine (C=N–C) groups is 1. The summed E-state index contributed by atoms with van der Waals surface area (Å²) >= 11 is 0. The van der Waals surface area contributed by atoms with Crippen molar-refractivity contribution < 1.29 is 9.47 Å². The van der Waals surface area contributed by atoms with E-state index in [4.69, 9.17) is 15.2 Å². The number of hydrogen-bond donors (Lipinski definition) is 2. The van der Waals surface area contributed by atoms with E-state index >= 15 is 0 Å². The molecule has 1 aliphatic heterocycles. The number of nitrogens with one attached hydrogen (secondary N) is 1. The van der Waals surface area contributed by atoms with E-state index in [-0.39, 0.29) is 12.1 Å². The number of benzene rings is 2. The Morgan fingerprint density at radius 2 is 1.80 bits per heavy atom. The van der Waals surface area contributed by atoms with Crippen LogP contribution < -0.4 is 20.5 Å². The van der Waals surface area contributed by atoms with E-state index in [9.17, 15) is 0 Å². The smallest absolute Gasteiger partial charge is 0.189 e. The minimum Gasteiger partial charge on any atom is -0.497 e. The number of hydrogen-bond acceptors (Lipinski definition) is 5. The summed E-state index contributed by atoms with van der Waals surface area (Å²) in [4.78, 5) is 4.60. The van der Waals surface area contributed by atoms with Gasteiger partial charge in [-0.05, 0) is 43.5 Å². The highest BCUT2D eigenvalue weighted by atomic mass is 16.5. The molecule has 2 aromatic rings. The van der Waals surface area contributed by atoms with Crippen molar-refractivity contribution in [3.05, 3.63) is 58.7 Å². The van der Waals surface area contributed by atoms with Gasteiger partial charge in [0.15, 0.2) is 5.96 Å². The standard InChI is InChI=1S/C20H25N3O2/c1-12-5-7-15(13(2)9-12)17-11-18(23-20(21)22-17)16-8-6-14(24-3)10-19(16)25-4/h5-10,17-18H,11H2,1-4H3,(H3,21,22,23). The molecule has 0 amide bonds. The molecule has 0 spiro atoms. The molecule has 132 valence electrons. The van der Waals surface area contributed by atoms with Crippen molar-refractivity contribution in [1.29, 1.82) is 0 Å². The monoisotopic (exact) mass is 339 g/mol. The Bertz CT molecular complexity index is 802. The largest absolute Gasteiger partial charge is 0.497 e. The lowest BCUT2D eigenvalue weighted by atomic mass is 9.90. The van der Waals surface area contributed by atoms with Crippen LogP contribution in [0.4, 0.5) is 0 Å². The summed E-state index contributed by atoms with van der Waals surface area (Å²) in [6, 6.07) is 12.4. The van der Waals surface area contributed by atoms with Crippen molar-refractivity contribution in [3.8, 4) is 11.5 Å². The lowest BCUT2D eigenvalue weighted by Crippen LogP contribution is -2.39. The van der Waals surface area contributed by atoms with E-state index in [1.54, 1.807) is 14.2 Å². The van der Waals surface area contributed by atoms with Gasteiger partial charge in [-0.2, -0.15) is 0 Å². The fraction of sp³-hybridized carbons (Fsp3) is 0.350. The minimum absolute atomic E-state index is 0.0622. The number of ether oxygens (including phenoxy) is 2. The summed E-state index contributed by atoms with van der Waals surface area (Å²) in [6.07, 6.45) is 0.813. The van der Waals surface area contributed by atoms with Crippen molar-refractivity contribution >= 4 is 5.96 Å². The third kappa shape index (κ3) is 3.55. The molecular formula is C20H25N3O2. The van der Waals surface area contributed by atoms with Gasteiger partial charge in [-0.25, -0.2) is 4.99 Å². The molecule has 0 radical (unpaired) electrons. The zero-order valence-corrected chi connectivity index (χ0v) is 15.2. The zero-order valence-electron chi connectivity index (χ0n) is 15.2. The molecule has 3 rings (SSSR count). The molecule has 25 heavy (non-hydrogen) atoms. The van der Waals surface area contributed by atoms with Crippen LogP contribution in [0, 0.1) is 13.8 Å². The van der Waals surface area contributed by atoms with E-state index in [1.807, 2.05) is 18.2 Å². The number of nitrogens with two attached hydrogens (primary N) is 1. The van der Waals surface area contributed by atoms with Gasteiger partial charge in [0.1, 0.15) is 11.5 Å². The predicted molar refractivity (Wildman–Crippen MR) is 100 cm³/mol. The molecule has 0 fully saturated rings. The average Bonchev–Trinajstić information content (AvgIpc) is 2.60. The highest BCUT2D eigenvalue weighted by Gasteiger charge is 2.27. The Hall–Kier alpha value is -2.69. The van der Waals surface area contributed by atoms with Gasteiger partial charge < -0.3 is 20.5 Å². The minimum atomic E-state index is -0.0622. The summed E-state index contributed by atoms with van der Waals surface area (Å²) < 4.78 is 10.8. The Morgan fingerprint density at radius 3 is 2.48 bits per heavy atom. The first-order chi connectivity index (χ1) is 12.0. The predicted octanol–water partition coefficient (Wildman–Crippen LogP) is 3.41. The SMILES string of the molecule is COc1ccc(C2CC(c3ccc(C)cc3C)NC(N)=N2)c(OC)c1. The Kier molecular flexibility index (Phi) is 4.83. The van der Waals surface area contributed by atoms with E-state index in [2.05, 4.69) is 42.4 Å². The second-order valence-corrected chi connectivity index (χ2v) is 6.43. The maximum absolute atomic E-state index is 6.09. The first-order valence-electron chi connectivity index (χ1n) is 8.40.